The first-order valence-electron chi connectivity index (χ1n) is 7.49. The predicted molar refractivity (Wildman–Crippen MR) is 91.0 cm³/mol. The third-order valence-electron chi connectivity index (χ3n) is 3.62. The Kier molecular flexibility index (Phi) is 4.65. The van der Waals surface area contributed by atoms with Crippen molar-refractivity contribution >= 4 is 16.9 Å². The highest BCUT2D eigenvalue weighted by atomic mass is 16.5. The van der Waals surface area contributed by atoms with Gasteiger partial charge in [-0.25, -0.2) is 9.78 Å². The highest BCUT2D eigenvalue weighted by Crippen LogP contribution is 2.27. The first kappa shape index (κ1) is 16.5. The first-order chi connectivity index (χ1) is 12.1. The van der Waals surface area contributed by atoms with Gasteiger partial charge in [-0.1, -0.05) is 12.1 Å². The van der Waals surface area contributed by atoms with Gasteiger partial charge >= 0.3 is 5.97 Å². The number of methoxy groups -OCH3 is 2. The number of hydrogen-bond donors (Lipinski definition) is 1. The van der Waals surface area contributed by atoms with Crippen LogP contribution in [0.5, 0.6) is 11.5 Å². The molecule has 128 valence electrons. The van der Waals surface area contributed by atoms with Crippen LogP contribution >= 0.6 is 0 Å². The zero-order chi connectivity index (χ0) is 17.8. The van der Waals surface area contributed by atoms with E-state index in [4.69, 9.17) is 14.2 Å². The van der Waals surface area contributed by atoms with Gasteiger partial charge in [0.25, 0.3) is 5.56 Å². The van der Waals surface area contributed by atoms with Gasteiger partial charge in [0.15, 0.2) is 11.5 Å². The second kappa shape index (κ2) is 7.04. The van der Waals surface area contributed by atoms with Crippen LogP contribution < -0.4 is 15.0 Å². The molecule has 0 aliphatic rings. The molecule has 0 aliphatic carbocycles. The van der Waals surface area contributed by atoms with Crippen LogP contribution in [0.4, 0.5) is 0 Å². The highest BCUT2D eigenvalue weighted by molar-refractivity contribution is 5.90. The minimum Gasteiger partial charge on any atom is -0.493 e. The van der Waals surface area contributed by atoms with Crippen molar-refractivity contribution in [3.63, 3.8) is 0 Å². The molecule has 7 heteroatoms. The normalized spacial score (nSPS) is 10.5. The summed E-state index contributed by atoms with van der Waals surface area (Å²) >= 11 is 0. The maximum Gasteiger partial charge on any atom is 0.338 e. The van der Waals surface area contributed by atoms with Crippen LogP contribution in [0.2, 0.25) is 0 Å². The van der Waals surface area contributed by atoms with Gasteiger partial charge in [-0.2, -0.15) is 0 Å². The Bertz CT molecular complexity index is 981. The fourth-order valence-corrected chi connectivity index (χ4v) is 2.38. The molecule has 3 aromatic rings. The number of ether oxygens (including phenoxy) is 3. The summed E-state index contributed by atoms with van der Waals surface area (Å²) in [5, 5.41) is 0.484. The SMILES string of the molecule is COc1ccc(C(=O)OCc2nc3ccccc3c(=O)[nH]2)cc1OC. The second-order valence-corrected chi connectivity index (χ2v) is 5.18. The molecule has 0 fully saturated rings. The topological polar surface area (TPSA) is 90.5 Å². The highest BCUT2D eigenvalue weighted by Gasteiger charge is 2.13. The Morgan fingerprint density at radius 3 is 2.60 bits per heavy atom. The predicted octanol–water partition coefficient (Wildman–Crippen LogP) is 2.30. The molecule has 1 aromatic heterocycles. The molecule has 25 heavy (non-hydrogen) atoms. The van der Waals surface area contributed by atoms with E-state index in [-0.39, 0.29) is 18.0 Å². The number of H-pyrrole nitrogens is 1. The zero-order valence-corrected chi connectivity index (χ0v) is 13.7. The van der Waals surface area contributed by atoms with Gasteiger partial charge in [-0.15, -0.1) is 0 Å². The molecule has 0 saturated heterocycles. The van der Waals surface area contributed by atoms with Gasteiger partial charge in [0.1, 0.15) is 12.4 Å². The Morgan fingerprint density at radius 2 is 1.84 bits per heavy atom. The molecule has 0 atom stereocenters. The number of para-hydroxylation sites is 1. The molecule has 2 aromatic carbocycles. The zero-order valence-electron chi connectivity index (χ0n) is 13.7. The lowest BCUT2D eigenvalue weighted by Crippen LogP contribution is -2.14. The number of aromatic amines is 1. The number of benzene rings is 2. The number of esters is 1. The maximum absolute atomic E-state index is 12.2. The summed E-state index contributed by atoms with van der Waals surface area (Å²) in [7, 11) is 2.99. The Morgan fingerprint density at radius 1 is 1.08 bits per heavy atom. The number of nitrogens with one attached hydrogen (secondary N) is 1. The summed E-state index contributed by atoms with van der Waals surface area (Å²) in [6.07, 6.45) is 0. The molecule has 3 rings (SSSR count). The van der Waals surface area contributed by atoms with Crippen LogP contribution in [0.25, 0.3) is 10.9 Å². The van der Waals surface area contributed by atoms with Crippen LogP contribution in [-0.2, 0) is 11.3 Å². The molecule has 1 heterocycles. The number of fused-ring (bicyclic) bond motifs is 1. The summed E-state index contributed by atoms with van der Waals surface area (Å²) in [6, 6.07) is 11.7. The van der Waals surface area contributed by atoms with E-state index in [0.717, 1.165) is 0 Å². The fraction of sp³-hybridized carbons (Fsp3) is 0.167. The molecule has 0 spiro atoms. The van der Waals surface area contributed by atoms with Gasteiger partial charge < -0.3 is 19.2 Å². The number of hydrogen-bond acceptors (Lipinski definition) is 6. The van der Waals surface area contributed by atoms with Crippen molar-refractivity contribution in [2.45, 2.75) is 6.61 Å². The molecule has 0 bridgehead atoms. The first-order valence-corrected chi connectivity index (χ1v) is 7.49. The second-order valence-electron chi connectivity index (χ2n) is 5.18. The maximum atomic E-state index is 12.2. The quantitative estimate of drug-likeness (QED) is 0.717. The molecule has 0 radical (unpaired) electrons. The van der Waals surface area contributed by atoms with Crippen molar-refractivity contribution in [1.82, 2.24) is 9.97 Å². The van der Waals surface area contributed by atoms with E-state index < -0.39 is 5.97 Å². The lowest BCUT2D eigenvalue weighted by Gasteiger charge is -2.09. The largest absolute Gasteiger partial charge is 0.493 e. The van der Waals surface area contributed by atoms with E-state index >= 15 is 0 Å². The van der Waals surface area contributed by atoms with E-state index in [2.05, 4.69) is 9.97 Å². The number of rotatable bonds is 5. The van der Waals surface area contributed by atoms with Crippen LogP contribution in [-0.4, -0.2) is 30.2 Å². The fourth-order valence-electron chi connectivity index (χ4n) is 2.38. The molecule has 7 nitrogen and oxygen atoms in total. The third-order valence-corrected chi connectivity index (χ3v) is 3.62. The summed E-state index contributed by atoms with van der Waals surface area (Å²) in [5.74, 6) is 0.656. The summed E-state index contributed by atoms with van der Waals surface area (Å²) < 4.78 is 15.5. The number of carbonyl (C=O) groups excluding carboxylic acids is 1. The van der Waals surface area contributed by atoms with Crippen molar-refractivity contribution in [2.75, 3.05) is 14.2 Å². The van der Waals surface area contributed by atoms with Crippen molar-refractivity contribution in [3.05, 3.63) is 64.2 Å². The molecule has 0 unspecified atom stereocenters. The number of nitrogens with zero attached hydrogens (tertiary/aromatic N) is 1. The average molecular weight is 340 g/mol. The van der Waals surface area contributed by atoms with Gasteiger partial charge in [0.2, 0.25) is 0 Å². The molecule has 0 aliphatic heterocycles. The minimum absolute atomic E-state index is 0.146. The van der Waals surface area contributed by atoms with Crippen LogP contribution in [0, 0.1) is 0 Å². The smallest absolute Gasteiger partial charge is 0.338 e. The van der Waals surface area contributed by atoms with Crippen molar-refractivity contribution in [3.8, 4) is 11.5 Å². The van der Waals surface area contributed by atoms with E-state index in [1.807, 2.05) is 0 Å². The van der Waals surface area contributed by atoms with Crippen LogP contribution in [0.15, 0.2) is 47.3 Å². The molecule has 1 N–H and O–H groups in total. The van der Waals surface area contributed by atoms with E-state index in [9.17, 15) is 9.59 Å². The van der Waals surface area contributed by atoms with E-state index in [1.54, 1.807) is 36.4 Å². The van der Waals surface area contributed by atoms with Gasteiger partial charge in [-0.3, -0.25) is 4.79 Å². The number of aromatic nitrogens is 2. The summed E-state index contributed by atoms with van der Waals surface area (Å²) in [6.45, 7) is -0.146. The minimum atomic E-state index is -0.559. The van der Waals surface area contributed by atoms with Crippen molar-refractivity contribution in [1.29, 1.82) is 0 Å². The molecule has 0 saturated carbocycles. The van der Waals surface area contributed by atoms with Crippen LogP contribution in [0.3, 0.4) is 0 Å². The Labute approximate surface area is 143 Å². The molecule has 0 amide bonds. The van der Waals surface area contributed by atoms with E-state index in [1.165, 1.54) is 20.3 Å². The van der Waals surface area contributed by atoms with Gasteiger partial charge in [-0.05, 0) is 30.3 Å². The van der Waals surface area contributed by atoms with Crippen molar-refractivity contribution < 1.29 is 19.0 Å². The van der Waals surface area contributed by atoms with Gasteiger partial charge in [0, 0.05) is 0 Å². The Hall–Kier alpha value is -3.35. The Balaban J connectivity index is 1.77. The molecular weight excluding hydrogens is 324 g/mol. The lowest BCUT2D eigenvalue weighted by atomic mass is 10.2. The average Bonchev–Trinajstić information content (AvgIpc) is 2.65. The lowest BCUT2D eigenvalue weighted by molar-refractivity contribution is 0.0462. The summed E-state index contributed by atoms with van der Waals surface area (Å²) in [5.41, 5.74) is 0.576. The van der Waals surface area contributed by atoms with Crippen molar-refractivity contribution in [2.24, 2.45) is 0 Å². The molecular formula is C18H16N2O5. The summed E-state index contributed by atoms with van der Waals surface area (Å²) in [4.78, 5) is 31.1. The third kappa shape index (κ3) is 3.45. The standard InChI is InChI=1S/C18H16N2O5/c1-23-14-8-7-11(9-15(14)24-2)18(22)25-10-16-19-13-6-4-3-5-12(13)17(21)20-16/h3-9H,10H2,1-2H3,(H,19,20,21). The number of carbonyl (C=O) groups is 1. The van der Waals surface area contributed by atoms with Crippen LogP contribution in [0.1, 0.15) is 16.2 Å². The monoisotopic (exact) mass is 340 g/mol. The van der Waals surface area contributed by atoms with E-state index in [0.29, 0.717) is 28.0 Å². The van der Waals surface area contributed by atoms with Gasteiger partial charge in [0.05, 0.1) is 30.7 Å².